The van der Waals surface area contributed by atoms with E-state index in [2.05, 4.69) is 0 Å². The Balaban J connectivity index is 2.97. The highest BCUT2D eigenvalue weighted by Gasteiger charge is 2.45. The normalized spacial score (nSPS) is 18.7. The first-order valence-electron chi connectivity index (χ1n) is 4.59. The third-order valence-electron chi connectivity index (χ3n) is 2.40. The molecule has 0 spiro atoms. The van der Waals surface area contributed by atoms with Crippen LogP contribution in [0.15, 0.2) is 0 Å². The second-order valence-electron chi connectivity index (χ2n) is 3.32. The maximum Gasteiger partial charge on any atom is 0.334 e. The van der Waals surface area contributed by atoms with Gasteiger partial charge in [0.25, 0.3) is 0 Å². The first-order valence-corrected chi connectivity index (χ1v) is 4.59. The highest BCUT2D eigenvalue weighted by molar-refractivity contribution is 6.45. The smallest absolute Gasteiger partial charge is 0.297 e. The Hall–Kier alpha value is -1.72. The van der Waals surface area contributed by atoms with Crippen molar-refractivity contribution in [3.63, 3.8) is 0 Å². The summed E-state index contributed by atoms with van der Waals surface area (Å²) < 4.78 is 0. The summed E-state index contributed by atoms with van der Waals surface area (Å²) in [6, 6.07) is -1.61. The molecule has 0 aromatic carbocycles. The number of hydrogen-bond donors (Lipinski definition) is 0. The number of hydrogen-bond acceptors (Lipinski definition) is 4. The predicted octanol–water partition coefficient (Wildman–Crippen LogP) is -0.225. The van der Waals surface area contributed by atoms with Crippen molar-refractivity contribution in [2.75, 3.05) is 7.05 Å². The molecule has 0 N–H and O–H groups in total. The van der Waals surface area contributed by atoms with E-state index in [0.29, 0.717) is 9.80 Å². The lowest BCUT2D eigenvalue weighted by Gasteiger charge is -2.19. The molecule has 0 aromatic heterocycles. The van der Waals surface area contributed by atoms with E-state index in [1.807, 2.05) is 0 Å². The Morgan fingerprint density at radius 3 is 2.13 bits per heavy atom. The third-order valence-corrected chi connectivity index (χ3v) is 2.40. The first kappa shape index (κ1) is 11.4. The predicted molar refractivity (Wildman–Crippen MR) is 49.8 cm³/mol. The number of ketones is 1. The van der Waals surface area contributed by atoms with Gasteiger partial charge < -0.3 is 0 Å². The zero-order valence-electron chi connectivity index (χ0n) is 8.81. The molecule has 1 aliphatic heterocycles. The lowest BCUT2D eigenvalue weighted by molar-refractivity contribution is -0.144. The van der Waals surface area contributed by atoms with Crippen molar-refractivity contribution >= 4 is 23.6 Å². The topological polar surface area (TPSA) is 74.8 Å². The average molecular weight is 212 g/mol. The lowest BCUT2D eigenvalue weighted by atomic mass is 10.1. The van der Waals surface area contributed by atoms with Gasteiger partial charge in [0.1, 0.15) is 0 Å². The van der Waals surface area contributed by atoms with Gasteiger partial charge in [-0.15, -0.1) is 0 Å². The summed E-state index contributed by atoms with van der Waals surface area (Å²) in [6.07, 6.45) is 0.218. The molecule has 1 saturated heterocycles. The van der Waals surface area contributed by atoms with Crippen LogP contribution in [0, 0.1) is 0 Å². The number of nitrogens with zero attached hydrogens (tertiary/aromatic N) is 2. The van der Waals surface area contributed by atoms with E-state index in [4.69, 9.17) is 0 Å². The highest BCUT2D eigenvalue weighted by Crippen LogP contribution is 2.14. The summed E-state index contributed by atoms with van der Waals surface area (Å²) in [5.41, 5.74) is 0. The summed E-state index contributed by atoms with van der Waals surface area (Å²) >= 11 is 0. The molecule has 0 radical (unpaired) electrons. The molecular formula is C9H12N2O4. The zero-order chi connectivity index (χ0) is 11.7. The number of carbonyl (C=O) groups is 4. The van der Waals surface area contributed by atoms with Crippen molar-refractivity contribution in [2.24, 2.45) is 0 Å². The maximum absolute atomic E-state index is 11.4. The standard InChI is InChI=1S/C9H12N2O4/c1-4-6(12)5(2)11-8(14)7(13)10(3)9(11)15/h5H,4H2,1-3H3. The van der Waals surface area contributed by atoms with Crippen molar-refractivity contribution in [3.05, 3.63) is 0 Å². The van der Waals surface area contributed by atoms with Gasteiger partial charge in [-0.25, -0.2) is 9.69 Å². The van der Waals surface area contributed by atoms with Gasteiger partial charge >= 0.3 is 17.8 Å². The molecule has 6 nitrogen and oxygen atoms in total. The van der Waals surface area contributed by atoms with Crippen molar-refractivity contribution in [1.29, 1.82) is 0 Å². The van der Waals surface area contributed by atoms with Crippen LogP contribution in [0.1, 0.15) is 20.3 Å². The number of urea groups is 1. The number of Topliss-reactive ketones (excluding diaryl/α,β-unsaturated/α-hetero) is 1. The fourth-order valence-electron chi connectivity index (χ4n) is 1.36. The quantitative estimate of drug-likeness (QED) is 0.478. The molecule has 82 valence electrons. The summed E-state index contributed by atoms with van der Waals surface area (Å²) in [4.78, 5) is 46.7. The third kappa shape index (κ3) is 1.62. The number of imide groups is 2. The van der Waals surface area contributed by atoms with Crippen LogP contribution in [0.25, 0.3) is 0 Å². The van der Waals surface area contributed by atoms with E-state index in [9.17, 15) is 19.2 Å². The monoisotopic (exact) mass is 212 g/mol. The lowest BCUT2D eigenvalue weighted by Crippen LogP contribution is -2.43. The second kappa shape index (κ2) is 3.80. The van der Waals surface area contributed by atoms with Crippen molar-refractivity contribution in [1.82, 2.24) is 9.80 Å². The number of likely N-dealkylation sites (N-methyl/N-ethyl adjacent to an activating group) is 1. The number of amides is 4. The largest absolute Gasteiger partial charge is 0.334 e. The Bertz CT molecular complexity index is 350. The Labute approximate surface area is 86.8 Å². The molecule has 0 aliphatic carbocycles. The molecule has 1 aliphatic rings. The van der Waals surface area contributed by atoms with Gasteiger partial charge in [-0.2, -0.15) is 0 Å². The molecule has 1 fully saturated rings. The van der Waals surface area contributed by atoms with Crippen LogP contribution in [-0.4, -0.2) is 46.5 Å². The van der Waals surface area contributed by atoms with Gasteiger partial charge in [0.05, 0.1) is 6.04 Å². The van der Waals surface area contributed by atoms with Crippen LogP contribution < -0.4 is 0 Å². The summed E-state index contributed by atoms with van der Waals surface area (Å²) in [6.45, 7) is 3.07. The van der Waals surface area contributed by atoms with E-state index in [1.54, 1.807) is 6.92 Å². The van der Waals surface area contributed by atoms with E-state index in [-0.39, 0.29) is 12.2 Å². The maximum atomic E-state index is 11.4. The van der Waals surface area contributed by atoms with Gasteiger partial charge in [-0.1, -0.05) is 6.92 Å². The number of rotatable bonds is 3. The van der Waals surface area contributed by atoms with Gasteiger partial charge in [-0.3, -0.25) is 19.3 Å². The van der Waals surface area contributed by atoms with E-state index < -0.39 is 23.9 Å². The Morgan fingerprint density at radius 2 is 1.80 bits per heavy atom. The van der Waals surface area contributed by atoms with E-state index >= 15 is 0 Å². The minimum Gasteiger partial charge on any atom is -0.297 e. The van der Waals surface area contributed by atoms with Gasteiger partial charge in [-0.05, 0) is 6.92 Å². The SMILES string of the molecule is CCC(=O)C(C)N1C(=O)C(=O)N(C)C1=O. The molecule has 1 atom stereocenters. The van der Waals surface area contributed by atoms with Crippen LogP contribution in [0.2, 0.25) is 0 Å². The molecule has 6 heteroatoms. The van der Waals surface area contributed by atoms with Crippen LogP contribution >= 0.6 is 0 Å². The second-order valence-corrected chi connectivity index (χ2v) is 3.32. The molecule has 4 amide bonds. The summed E-state index contributed by atoms with van der Waals surface area (Å²) in [5.74, 6) is -2.08. The van der Waals surface area contributed by atoms with Gasteiger partial charge in [0.15, 0.2) is 5.78 Å². The van der Waals surface area contributed by atoms with Crippen LogP contribution in [0.3, 0.4) is 0 Å². The van der Waals surface area contributed by atoms with E-state index in [1.165, 1.54) is 14.0 Å². The molecule has 1 heterocycles. The first-order chi connectivity index (χ1) is 6.91. The molecule has 0 bridgehead atoms. The molecular weight excluding hydrogens is 200 g/mol. The van der Waals surface area contributed by atoms with Crippen LogP contribution in [0.5, 0.6) is 0 Å². The van der Waals surface area contributed by atoms with Gasteiger partial charge in [0.2, 0.25) is 0 Å². The summed E-state index contributed by atoms with van der Waals surface area (Å²) in [7, 11) is 1.21. The molecule has 1 unspecified atom stereocenters. The van der Waals surface area contributed by atoms with Crippen LogP contribution in [-0.2, 0) is 14.4 Å². The number of carbonyl (C=O) groups excluding carboxylic acids is 4. The molecule has 0 aromatic rings. The molecule has 1 rings (SSSR count). The van der Waals surface area contributed by atoms with Crippen molar-refractivity contribution in [2.45, 2.75) is 26.3 Å². The fourth-order valence-corrected chi connectivity index (χ4v) is 1.36. The minimum atomic E-state index is -0.934. The molecule has 0 saturated carbocycles. The van der Waals surface area contributed by atoms with Crippen molar-refractivity contribution < 1.29 is 19.2 Å². The minimum absolute atomic E-state index is 0.218. The zero-order valence-corrected chi connectivity index (χ0v) is 8.81. The summed E-state index contributed by atoms with van der Waals surface area (Å²) in [5, 5.41) is 0. The van der Waals surface area contributed by atoms with Crippen molar-refractivity contribution in [3.8, 4) is 0 Å². The van der Waals surface area contributed by atoms with Crippen LogP contribution in [0.4, 0.5) is 4.79 Å². The Kier molecular flexibility index (Phi) is 2.88. The Morgan fingerprint density at radius 1 is 1.27 bits per heavy atom. The molecule has 15 heavy (non-hydrogen) atoms. The average Bonchev–Trinajstić information content (AvgIpc) is 2.41. The van der Waals surface area contributed by atoms with Gasteiger partial charge in [0, 0.05) is 13.5 Å². The fraction of sp³-hybridized carbons (Fsp3) is 0.556. The van der Waals surface area contributed by atoms with E-state index in [0.717, 1.165) is 0 Å². The highest BCUT2D eigenvalue weighted by atomic mass is 16.2.